The second-order valence-electron chi connectivity index (χ2n) is 15.2. The lowest BCUT2D eigenvalue weighted by molar-refractivity contribution is -0.438. The molecule has 4 rings (SSSR count). The molecule has 2 unspecified atom stereocenters. The number of hydrogen-bond donors (Lipinski definition) is 4. The van der Waals surface area contributed by atoms with Gasteiger partial charge in [0.05, 0.1) is 33.3 Å². The average molecular weight is 902 g/mol. The first-order valence-electron chi connectivity index (χ1n) is 18.9. The van der Waals surface area contributed by atoms with E-state index in [4.69, 9.17) is 4.74 Å². The lowest BCUT2D eigenvalue weighted by Gasteiger charge is -2.30. The van der Waals surface area contributed by atoms with E-state index < -0.39 is 62.8 Å². The summed E-state index contributed by atoms with van der Waals surface area (Å²) in [6.45, 7) is 6.20. The molecule has 0 saturated carbocycles. The van der Waals surface area contributed by atoms with Crippen molar-refractivity contribution in [3.63, 3.8) is 0 Å². The number of rotatable bonds is 22. The van der Waals surface area contributed by atoms with Crippen LogP contribution < -0.4 is 4.90 Å². The van der Waals surface area contributed by atoms with Gasteiger partial charge in [0.25, 0.3) is 40.5 Å². The highest BCUT2D eigenvalue weighted by Crippen LogP contribution is 2.51. The van der Waals surface area contributed by atoms with Crippen molar-refractivity contribution in [1.29, 1.82) is 0 Å². The molecule has 4 N–H and O–H groups in total. The van der Waals surface area contributed by atoms with E-state index in [-0.39, 0.29) is 47.9 Å². The Kier molecular flexibility index (Phi) is 15.5. The maximum absolute atomic E-state index is 12.2. The molecule has 0 bridgehead atoms. The molecule has 0 radical (unpaired) electrons. The highest BCUT2D eigenvalue weighted by Gasteiger charge is 2.48. The summed E-state index contributed by atoms with van der Waals surface area (Å²) < 4.78 is 142. The summed E-state index contributed by atoms with van der Waals surface area (Å²) in [5, 5.41) is 0. The molecule has 0 fully saturated rings. The van der Waals surface area contributed by atoms with Gasteiger partial charge in [0.2, 0.25) is 5.69 Å². The number of nitrogens with zero attached hydrogens (tertiary/aromatic N) is 2. The second-order valence-corrected chi connectivity index (χ2v) is 21.2. The molecule has 0 aliphatic carbocycles. The molecule has 0 amide bonds. The molecule has 20 heteroatoms. The van der Waals surface area contributed by atoms with Crippen LogP contribution in [0.2, 0.25) is 0 Å². The van der Waals surface area contributed by atoms with Crippen LogP contribution in [-0.2, 0) is 60.8 Å². The predicted molar refractivity (Wildman–Crippen MR) is 223 cm³/mol. The predicted octanol–water partition coefficient (Wildman–Crippen LogP) is 5.44. The Morgan fingerprint density at radius 1 is 0.746 bits per heavy atom. The second kappa shape index (κ2) is 19.0. The molecule has 59 heavy (non-hydrogen) atoms. The van der Waals surface area contributed by atoms with Gasteiger partial charge in [-0.05, 0) is 101 Å². The van der Waals surface area contributed by atoms with Crippen molar-refractivity contribution in [3.05, 3.63) is 83.6 Å². The van der Waals surface area contributed by atoms with Gasteiger partial charge in [0.15, 0.2) is 5.71 Å². The number of ether oxygens (including phenoxy) is 1. The zero-order valence-electron chi connectivity index (χ0n) is 33.4. The standard InChI is InChI=1S/C39H52N2O14S4/c1-29(42)13-7-6-10-22-40-34-18-16-30(58(49,50)51)27-32(34)38(2,20-11-25-56(43,44)45)36(40)14-8-5-9-15-37-39(3,21-12-26-57(46,47)48)33-28-31(59(52,53)54)17-19-35(33)41(37)23-24-55-4/h5,8-9,14-19,27-28H,6-7,10-13,20-26H2,1-4H3,(H3-,43,44,45,46,47,48,49,50,51,52,53,54)/p+1. The molecule has 2 aliphatic rings. The molecule has 2 heterocycles. The number of Topliss-reactive ketones (excluding diaryl/α,β-unsaturated/α-hetero) is 1. The zero-order chi connectivity index (χ0) is 44.0. The molecule has 2 aromatic rings. The van der Waals surface area contributed by atoms with Crippen LogP contribution in [0.15, 0.2) is 82.3 Å². The van der Waals surface area contributed by atoms with Gasteiger partial charge >= 0.3 is 0 Å². The number of carbonyl (C=O) groups excluding carboxylic acids is 1. The van der Waals surface area contributed by atoms with Crippen LogP contribution in [0.1, 0.15) is 83.3 Å². The Labute approximate surface area is 347 Å². The Balaban J connectivity index is 1.82. The van der Waals surface area contributed by atoms with Crippen LogP contribution in [0.25, 0.3) is 0 Å². The summed E-state index contributed by atoms with van der Waals surface area (Å²) in [5.41, 5.74) is 1.63. The Morgan fingerprint density at radius 3 is 1.88 bits per heavy atom. The summed E-state index contributed by atoms with van der Waals surface area (Å²) in [4.78, 5) is 12.8. The fraction of sp³-hybridized carbons (Fsp3) is 0.487. The first-order chi connectivity index (χ1) is 27.3. The molecule has 326 valence electrons. The molecule has 0 saturated heterocycles. The van der Waals surface area contributed by atoms with Crippen LogP contribution >= 0.6 is 0 Å². The lowest BCUT2D eigenvalue weighted by atomic mass is 9.76. The third kappa shape index (κ3) is 12.3. The molecule has 0 spiro atoms. The number of hydrogen-bond acceptors (Lipinski definition) is 11. The van der Waals surface area contributed by atoms with E-state index in [1.54, 1.807) is 42.5 Å². The summed E-state index contributed by atoms with van der Waals surface area (Å²) in [6.07, 6.45) is 11.6. The number of allylic oxidation sites excluding steroid dienone is 6. The number of carbonyl (C=O) groups is 1. The van der Waals surface area contributed by atoms with Crippen LogP contribution in [0.5, 0.6) is 0 Å². The summed E-state index contributed by atoms with van der Waals surface area (Å²) in [6, 6.07) is 8.41. The average Bonchev–Trinajstić information content (AvgIpc) is 3.48. The van der Waals surface area contributed by atoms with Gasteiger partial charge in [-0.3, -0.25) is 18.2 Å². The van der Waals surface area contributed by atoms with Crippen LogP contribution in [0.3, 0.4) is 0 Å². The SMILES string of the molecule is COCCN1C(=CC=CC=CC2=[N+](CCCCCC(C)=O)c3ccc(S(=O)(=O)O)cc3C2(C)CCCS(=O)(=O)O)C(C)(CCCS(=O)(=O)O)c2cc(S(=O)(=O)O)ccc21. The third-order valence-electron chi connectivity index (χ3n) is 10.8. The Bertz CT molecular complexity index is 2490. The number of fused-ring (bicyclic) bond motifs is 2. The molecule has 2 aliphatic heterocycles. The molecular weight excluding hydrogens is 849 g/mol. The quantitative estimate of drug-likeness (QED) is 0.0497. The van der Waals surface area contributed by atoms with Crippen LogP contribution in [0.4, 0.5) is 11.4 Å². The van der Waals surface area contributed by atoms with E-state index in [0.717, 1.165) is 6.42 Å². The number of anilines is 1. The monoisotopic (exact) mass is 901 g/mol. The van der Waals surface area contributed by atoms with Gasteiger partial charge in [-0.15, -0.1) is 0 Å². The number of methoxy groups -OCH3 is 1. The van der Waals surface area contributed by atoms with Gasteiger partial charge in [0, 0.05) is 61.0 Å². The third-order valence-corrected chi connectivity index (χ3v) is 14.1. The van der Waals surface area contributed by atoms with E-state index in [2.05, 4.69) is 0 Å². The first kappa shape index (κ1) is 48.1. The van der Waals surface area contributed by atoms with Crippen molar-refractivity contribution in [2.75, 3.05) is 43.2 Å². The minimum absolute atomic E-state index is 0.0167. The summed E-state index contributed by atoms with van der Waals surface area (Å²) in [5.74, 6) is -1.01. The maximum atomic E-state index is 12.2. The smallest absolute Gasteiger partial charge is 0.294 e. The van der Waals surface area contributed by atoms with Crippen molar-refractivity contribution in [1.82, 2.24) is 0 Å². The van der Waals surface area contributed by atoms with E-state index in [1.807, 2.05) is 23.3 Å². The number of benzene rings is 2. The summed E-state index contributed by atoms with van der Waals surface area (Å²) >= 11 is 0. The Morgan fingerprint density at radius 2 is 1.32 bits per heavy atom. The van der Waals surface area contributed by atoms with E-state index in [1.165, 1.54) is 38.3 Å². The van der Waals surface area contributed by atoms with E-state index in [0.29, 0.717) is 66.3 Å². The number of ketones is 1. The molecular formula is C39H53N2O14S4+. The minimum atomic E-state index is -4.61. The normalized spacial score (nSPS) is 20.7. The van der Waals surface area contributed by atoms with Gasteiger partial charge in [0.1, 0.15) is 12.3 Å². The first-order valence-corrected chi connectivity index (χ1v) is 25.0. The highest BCUT2D eigenvalue weighted by atomic mass is 32.2. The van der Waals surface area contributed by atoms with E-state index in [9.17, 15) is 56.7 Å². The van der Waals surface area contributed by atoms with Crippen molar-refractivity contribution in [2.45, 2.75) is 92.8 Å². The maximum Gasteiger partial charge on any atom is 0.294 e. The topological polar surface area (TPSA) is 250 Å². The van der Waals surface area contributed by atoms with Crippen LogP contribution in [-0.4, -0.2) is 106 Å². The zero-order valence-corrected chi connectivity index (χ0v) is 36.7. The fourth-order valence-electron chi connectivity index (χ4n) is 7.97. The lowest BCUT2D eigenvalue weighted by Crippen LogP contribution is -2.32. The van der Waals surface area contributed by atoms with Gasteiger partial charge in [-0.2, -0.15) is 38.2 Å². The number of unbranched alkanes of at least 4 members (excludes halogenated alkanes) is 2. The highest BCUT2D eigenvalue weighted by molar-refractivity contribution is 7.86. The largest absolute Gasteiger partial charge is 0.383 e. The van der Waals surface area contributed by atoms with Crippen molar-refractivity contribution in [3.8, 4) is 0 Å². The molecule has 0 aromatic heterocycles. The van der Waals surface area contributed by atoms with Crippen molar-refractivity contribution < 1.29 is 66.0 Å². The van der Waals surface area contributed by atoms with E-state index >= 15 is 0 Å². The fourth-order valence-corrected chi connectivity index (χ4v) is 10.0. The Hall–Kier alpha value is -3.60. The van der Waals surface area contributed by atoms with Gasteiger partial charge in [-0.1, -0.05) is 18.2 Å². The van der Waals surface area contributed by atoms with Crippen molar-refractivity contribution >= 4 is 63.3 Å². The minimum Gasteiger partial charge on any atom is -0.383 e. The van der Waals surface area contributed by atoms with Gasteiger partial charge in [-0.25, -0.2) is 0 Å². The van der Waals surface area contributed by atoms with Crippen LogP contribution in [0, 0.1) is 0 Å². The molecule has 2 atom stereocenters. The van der Waals surface area contributed by atoms with Crippen molar-refractivity contribution in [2.24, 2.45) is 0 Å². The molecule has 16 nitrogen and oxygen atoms in total. The molecule has 2 aromatic carbocycles. The summed E-state index contributed by atoms with van der Waals surface area (Å²) in [7, 11) is -16.3. The van der Waals surface area contributed by atoms with Gasteiger partial charge < -0.3 is 14.4 Å².